The van der Waals surface area contributed by atoms with E-state index < -0.39 is 28.8 Å². The lowest BCUT2D eigenvalue weighted by Gasteiger charge is -2.18. The fourth-order valence-corrected chi connectivity index (χ4v) is 6.20. The molecule has 2 amide bonds. The van der Waals surface area contributed by atoms with Crippen LogP contribution in [0.2, 0.25) is 0 Å². The number of aromatic nitrogens is 4. The average molecular weight is 535 g/mol. The number of likely N-dealkylation sites (tertiary alicyclic amines) is 1. The highest BCUT2D eigenvalue weighted by Gasteiger charge is 2.38. The second-order valence-corrected chi connectivity index (χ2v) is 11.0. The average Bonchev–Trinajstić information content (AvgIpc) is 3.57. The number of amides is 2. The van der Waals surface area contributed by atoms with Crippen LogP contribution in [0.15, 0.2) is 53.8 Å². The molecule has 1 aliphatic rings. The highest BCUT2D eigenvalue weighted by Crippen LogP contribution is 2.36. The molecule has 37 heavy (non-hydrogen) atoms. The molecule has 1 N–H and O–H groups in total. The number of nitrogens with zero attached hydrogens (tertiary/aromatic N) is 5. The van der Waals surface area contributed by atoms with Crippen molar-refractivity contribution in [3.05, 3.63) is 60.2 Å². The van der Waals surface area contributed by atoms with E-state index in [2.05, 4.69) is 9.97 Å². The molecule has 1 aromatic carbocycles. The van der Waals surface area contributed by atoms with E-state index in [4.69, 9.17) is 0 Å². The number of alkyl halides is 3. The third-order valence-electron chi connectivity index (χ3n) is 6.82. The molecule has 2 atom stereocenters. The molecule has 0 radical (unpaired) electrons. The predicted octanol–water partition coefficient (Wildman–Crippen LogP) is 3.93. The number of hydrogen-bond acceptors (Lipinski definition) is 5. The van der Waals surface area contributed by atoms with Gasteiger partial charge in [-0.2, -0.15) is 13.2 Å². The summed E-state index contributed by atoms with van der Waals surface area (Å²) in [6.07, 6.45) is 0.783. The lowest BCUT2D eigenvalue weighted by Crippen LogP contribution is -2.42. The highest BCUT2D eigenvalue weighted by atomic mass is 32.2. The van der Waals surface area contributed by atoms with Gasteiger partial charge < -0.3 is 10.2 Å². The Kier molecular flexibility index (Phi) is 6.13. The maximum Gasteiger partial charge on any atom is 0.405 e. The Bertz CT molecular complexity index is 1580. The summed E-state index contributed by atoms with van der Waals surface area (Å²) >= 11 is 0. The van der Waals surface area contributed by atoms with Crippen LogP contribution in [0.5, 0.6) is 0 Å². The number of halogens is 3. The van der Waals surface area contributed by atoms with Gasteiger partial charge in [-0.3, -0.25) is 4.40 Å². The SMILES string of the molecule is CC[C@@H]1CN(C(=O)NCC(F)(F)F)C[C@H]1c1cnc2cnc3c(ccn3S(=O)(=O)c3ccc(C)cc3)n12. The molecule has 1 aliphatic heterocycles. The molecule has 13 heteroatoms. The monoisotopic (exact) mass is 534 g/mol. The molecular weight excluding hydrogens is 509 g/mol. The van der Waals surface area contributed by atoms with Crippen molar-refractivity contribution in [2.45, 2.75) is 37.3 Å². The Morgan fingerprint density at radius 3 is 2.51 bits per heavy atom. The van der Waals surface area contributed by atoms with Crippen LogP contribution >= 0.6 is 0 Å². The van der Waals surface area contributed by atoms with E-state index in [1.54, 1.807) is 36.5 Å². The zero-order chi connectivity index (χ0) is 26.5. The first-order valence-corrected chi connectivity index (χ1v) is 13.2. The van der Waals surface area contributed by atoms with Crippen LogP contribution in [-0.2, 0) is 10.0 Å². The summed E-state index contributed by atoms with van der Waals surface area (Å²) in [4.78, 5) is 22.7. The highest BCUT2D eigenvalue weighted by molar-refractivity contribution is 7.90. The van der Waals surface area contributed by atoms with E-state index in [-0.39, 0.29) is 28.9 Å². The third-order valence-corrected chi connectivity index (χ3v) is 8.50. The maximum atomic E-state index is 13.4. The van der Waals surface area contributed by atoms with Crippen LogP contribution in [-0.4, -0.2) is 63.5 Å². The first-order valence-electron chi connectivity index (χ1n) is 11.7. The number of fused-ring (bicyclic) bond motifs is 3. The number of hydrogen-bond donors (Lipinski definition) is 1. The zero-order valence-corrected chi connectivity index (χ0v) is 20.9. The van der Waals surface area contributed by atoms with Crippen molar-refractivity contribution >= 4 is 32.9 Å². The smallest absolute Gasteiger partial charge is 0.329 e. The molecule has 5 rings (SSSR count). The number of imidazole rings is 1. The Balaban J connectivity index is 1.52. The lowest BCUT2D eigenvalue weighted by atomic mass is 9.91. The number of urea groups is 1. The summed E-state index contributed by atoms with van der Waals surface area (Å²) in [5.74, 6) is -0.225. The van der Waals surface area contributed by atoms with Gasteiger partial charge in [-0.15, -0.1) is 0 Å². The van der Waals surface area contributed by atoms with Crippen molar-refractivity contribution in [2.24, 2.45) is 5.92 Å². The van der Waals surface area contributed by atoms with Crippen molar-refractivity contribution in [3.8, 4) is 0 Å². The van der Waals surface area contributed by atoms with Crippen molar-refractivity contribution in [1.82, 2.24) is 28.6 Å². The number of rotatable bonds is 5. The number of nitrogens with one attached hydrogen (secondary N) is 1. The van der Waals surface area contributed by atoms with Gasteiger partial charge in [0.1, 0.15) is 6.54 Å². The first-order chi connectivity index (χ1) is 17.5. The van der Waals surface area contributed by atoms with Crippen molar-refractivity contribution in [3.63, 3.8) is 0 Å². The van der Waals surface area contributed by atoms with Crippen LogP contribution in [0, 0.1) is 12.8 Å². The second-order valence-electron chi connectivity index (χ2n) is 9.23. The van der Waals surface area contributed by atoms with Crippen molar-refractivity contribution in [1.29, 1.82) is 0 Å². The fourth-order valence-electron chi connectivity index (χ4n) is 4.90. The Morgan fingerprint density at radius 1 is 1.11 bits per heavy atom. The van der Waals surface area contributed by atoms with Gasteiger partial charge in [-0.05, 0) is 31.0 Å². The van der Waals surface area contributed by atoms with Gasteiger partial charge in [-0.1, -0.05) is 31.0 Å². The van der Waals surface area contributed by atoms with E-state index in [9.17, 15) is 26.4 Å². The van der Waals surface area contributed by atoms with Gasteiger partial charge in [0.15, 0.2) is 11.3 Å². The van der Waals surface area contributed by atoms with Gasteiger partial charge in [0.25, 0.3) is 10.0 Å². The first kappa shape index (κ1) is 25.1. The molecule has 0 saturated carbocycles. The predicted molar refractivity (Wildman–Crippen MR) is 130 cm³/mol. The van der Waals surface area contributed by atoms with Gasteiger partial charge >= 0.3 is 12.2 Å². The molecule has 0 unspecified atom stereocenters. The molecule has 4 heterocycles. The maximum absolute atomic E-state index is 13.4. The minimum atomic E-state index is -4.49. The molecule has 4 aromatic rings. The van der Waals surface area contributed by atoms with Crippen LogP contribution < -0.4 is 5.32 Å². The normalized spacial score (nSPS) is 18.7. The van der Waals surface area contributed by atoms with Gasteiger partial charge in [-0.25, -0.2) is 27.2 Å². The summed E-state index contributed by atoms with van der Waals surface area (Å²) < 4.78 is 67.4. The Hall–Kier alpha value is -3.61. The zero-order valence-electron chi connectivity index (χ0n) is 20.1. The van der Waals surface area contributed by atoms with Gasteiger partial charge in [0.05, 0.1) is 16.6 Å². The molecule has 1 saturated heterocycles. The molecule has 0 aliphatic carbocycles. The molecule has 1 fully saturated rings. The standard InChI is InChI=1S/C24H25F3N6O3S/c1-3-16-12-31(23(34)30-14-24(25,26)27)13-18(16)20-10-28-21-11-29-22-19(33(20)21)8-9-32(22)37(35,36)17-6-4-15(2)5-7-17/h4-11,16,18H,3,12-14H2,1-2H3,(H,30,34)/t16-,18-/m1/s1. The number of benzene rings is 1. The quantitative estimate of drug-likeness (QED) is 0.418. The molecule has 196 valence electrons. The van der Waals surface area contributed by atoms with Crippen LogP contribution in [0.3, 0.4) is 0 Å². The number of aryl methyl sites for hydroxylation is 1. The van der Waals surface area contributed by atoms with Gasteiger partial charge in [0, 0.05) is 37.1 Å². The number of carbonyl (C=O) groups excluding carboxylic acids is 1. The minimum Gasteiger partial charge on any atom is -0.329 e. The topological polar surface area (TPSA) is 102 Å². The van der Waals surface area contributed by atoms with E-state index in [0.717, 1.165) is 15.2 Å². The third kappa shape index (κ3) is 4.52. The molecule has 0 bridgehead atoms. The van der Waals surface area contributed by atoms with Crippen LogP contribution in [0.4, 0.5) is 18.0 Å². The summed E-state index contributed by atoms with van der Waals surface area (Å²) in [6.45, 7) is 2.94. The van der Waals surface area contributed by atoms with Crippen LogP contribution in [0.1, 0.15) is 30.5 Å². The summed E-state index contributed by atoms with van der Waals surface area (Å²) in [5, 5.41) is 1.94. The minimum absolute atomic E-state index is 0.0156. The van der Waals surface area contributed by atoms with E-state index >= 15 is 0 Å². The summed E-state index contributed by atoms with van der Waals surface area (Å²) in [7, 11) is -3.91. The lowest BCUT2D eigenvalue weighted by molar-refractivity contribution is -0.123. The van der Waals surface area contributed by atoms with E-state index in [1.807, 2.05) is 23.6 Å². The molecule has 3 aromatic heterocycles. The fraction of sp³-hybridized carbons (Fsp3) is 0.375. The van der Waals surface area contributed by atoms with Gasteiger partial charge in [0.2, 0.25) is 0 Å². The van der Waals surface area contributed by atoms with E-state index in [0.29, 0.717) is 24.1 Å². The number of carbonyl (C=O) groups is 1. The summed E-state index contributed by atoms with van der Waals surface area (Å²) in [6, 6.07) is 7.41. The second kappa shape index (κ2) is 9.05. The molecule has 9 nitrogen and oxygen atoms in total. The Labute approximate surface area is 211 Å². The van der Waals surface area contributed by atoms with Crippen molar-refractivity contribution in [2.75, 3.05) is 19.6 Å². The molecular formula is C24H25F3N6O3S. The largest absolute Gasteiger partial charge is 0.405 e. The van der Waals surface area contributed by atoms with E-state index in [1.165, 1.54) is 17.3 Å². The van der Waals surface area contributed by atoms with Crippen LogP contribution in [0.25, 0.3) is 16.8 Å². The Morgan fingerprint density at radius 2 is 1.84 bits per heavy atom. The summed E-state index contributed by atoms with van der Waals surface area (Å²) in [5.41, 5.74) is 2.92. The van der Waals surface area contributed by atoms with Crippen molar-refractivity contribution < 1.29 is 26.4 Å². The molecule has 0 spiro atoms.